The zero-order valence-electron chi connectivity index (χ0n) is 17.4. The highest BCUT2D eigenvalue weighted by Gasteiger charge is 2.55. The number of morpholine rings is 1. The smallest absolute Gasteiger partial charge is 0.245 e. The first kappa shape index (κ1) is 19.2. The van der Waals surface area contributed by atoms with Gasteiger partial charge in [0.1, 0.15) is 6.04 Å². The molecule has 2 amide bonds. The lowest BCUT2D eigenvalue weighted by Crippen LogP contribution is -2.60. The molecular formula is C22H36N2O3. The number of nitrogens with one attached hydrogen (secondary N) is 1. The Morgan fingerprint density at radius 3 is 1.89 bits per heavy atom. The summed E-state index contributed by atoms with van der Waals surface area (Å²) in [5.74, 6) is 2.50. The summed E-state index contributed by atoms with van der Waals surface area (Å²) in [6.45, 7) is 9.31. The molecule has 4 bridgehead atoms. The van der Waals surface area contributed by atoms with Crippen molar-refractivity contribution in [3.63, 3.8) is 0 Å². The van der Waals surface area contributed by atoms with Crippen LogP contribution in [0.4, 0.5) is 0 Å². The second kappa shape index (κ2) is 7.06. The predicted octanol–water partition coefficient (Wildman–Crippen LogP) is 2.98. The van der Waals surface area contributed by atoms with Crippen molar-refractivity contribution in [1.82, 2.24) is 10.2 Å². The highest BCUT2D eigenvalue weighted by molar-refractivity contribution is 5.90. The Morgan fingerprint density at radius 1 is 0.963 bits per heavy atom. The average molecular weight is 377 g/mol. The Labute approximate surface area is 163 Å². The van der Waals surface area contributed by atoms with Gasteiger partial charge in [0.15, 0.2) is 0 Å². The van der Waals surface area contributed by atoms with Gasteiger partial charge in [-0.15, -0.1) is 0 Å². The topological polar surface area (TPSA) is 58.6 Å². The van der Waals surface area contributed by atoms with Crippen molar-refractivity contribution >= 4 is 11.8 Å². The first-order valence-electron chi connectivity index (χ1n) is 11.0. The van der Waals surface area contributed by atoms with E-state index in [9.17, 15) is 9.59 Å². The third-order valence-electron chi connectivity index (χ3n) is 7.47. The molecule has 0 spiro atoms. The number of carbonyl (C=O) groups excluding carboxylic acids is 2. The van der Waals surface area contributed by atoms with Crippen LogP contribution in [0.25, 0.3) is 0 Å². The SMILES string of the molecule is CC(C)[C@H](NC(=O)C12CC3CC(CC(C3)C1)C2)C(=O)N1C[C@@H](C)O[C@@H](C)C1. The Balaban J connectivity index is 1.47. The first-order chi connectivity index (χ1) is 12.8. The van der Waals surface area contributed by atoms with Crippen LogP contribution in [0.5, 0.6) is 0 Å². The molecule has 1 aliphatic heterocycles. The molecule has 0 radical (unpaired) electrons. The number of hydrogen-bond acceptors (Lipinski definition) is 3. The second-order valence-electron chi connectivity index (χ2n) is 10.4. The summed E-state index contributed by atoms with van der Waals surface area (Å²) in [6, 6.07) is -0.428. The third kappa shape index (κ3) is 3.64. The standard InChI is InChI=1S/C22H36N2O3/c1-13(2)19(20(25)24-11-14(3)27-15(4)12-24)23-21(26)22-8-16-5-17(9-22)7-18(6-16)10-22/h13-19H,5-12H2,1-4H3,(H,23,26)/t14-,15+,16?,17?,18?,19-,22?/m0/s1. The molecule has 1 heterocycles. The number of hydrogen-bond donors (Lipinski definition) is 1. The van der Waals surface area contributed by atoms with E-state index in [2.05, 4.69) is 5.32 Å². The summed E-state index contributed by atoms with van der Waals surface area (Å²) in [4.78, 5) is 28.6. The van der Waals surface area contributed by atoms with Gasteiger partial charge in [0, 0.05) is 18.5 Å². The highest BCUT2D eigenvalue weighted by Crippen LogP contribution is 2.60. The quantitative estimate of drug-likeness (QED) is 0.821. The molecule has 3 atom stereocenters. The molecule has 0 aromatic carbocycles. The van der Waals surface area contributed by atoms with Crippen LogP contribution in [0.3, 0.4) is 0 Å². The van der Waals surface area contributed by atoms with E-state index in [4.69, 9.17) is 4.74 Å². The first-order valence-corrected chi connectivity index (χ1v) is 11.0. The Bertz CT molecular complexity index is 557. The maximum absolute atomic E-state index is 13.4. The molecule has 5 nitrogen and oxygen atoms in total. The number of carbonyl (C=O) groups is 2. The zero-order chi connectivity index (χ0) is 19.3. The van der Waals surface area contributed by atoms with Crippen molar-refractivity contribution in [1.29, 1.82) is 0 Å². The van der Waals surface area contributed by atoms with Gasteiger partial charge in [-0.25, -0.2) is 0 Å². The van der Waals surface area contributed by atoms with Crippen molar-refractivity contribution < 1.29 is 14.3 Å². The second-order valence-corrected chi connectivity index (χ2v) is 10.4. The lowest BCUT2D eigenvalue weighted by molar-refractivity contribution is -0.154. The summed E-state index contributed by atoms with van der Waals surface area (Å²) in [5, 5.41) is 3.23. The highest BCUT2D eigenvalue weighted by atomic mass is 16.5. The largest absolute Gasteiger partial charge is 0.372 e. The van der Waals surface area contributed by atoms with Crippen LogP contribution in [0.15, 0.2) is 0 Å². The molecule has 0 aromatic heterocycles. The van der Waals surface area contributed by atoms with Crippen LogP contribution in [-0.4, -0.2) is 48.1 Å². The molecular weight excluding hydrogens is 340 g/mol. The van der Waals surface area contributed by atoms with Crippen LogP contribution in [0.1, 0.15) is 66.2 Å². The average Bonchev–Trinajstić information content (AvgIpc) is 2.56. The molecule has 5 heteroatoms. The molecule has 1 saturated heterocycles. The molecule has 4 saturated carbocycles. The lowest BCUT2D eigenvalue weighted by atomic mass is 9.49. The van der Waals surface area contributed by atoms with Gasteiger partial charge in [-0.1, -0.05) is 13.8 Å². The maximum atomic E-state index is 13.4. The van der Waals surface area contributed by atoms with E-state index >= 15 is 0 Å². The summed E-state index contributed by atoms with van der Waals surface area (Å²) in [5.41, 5.74) is -0.201. The molecule has 5 aliphatic rings. The van der Waals surface area contributed by atoms with Gasteiger partial charge in [0.25, 0.3) is 0 Å². The van der Waals surface area contributed by atoms with Gasteiger partial charge in [-0.3, -0.25) is 9.59 Å². The molecule has 4 aliphatic carbocycles. The van der Waals surface area contributed by atoms with Crippen LogP contribution in [0.2, 0.25) is 0 Å². The predicted molar refractivity (Wildman–Crippen MR) is 104 cm³/mol. The fourth-order valence-electron chi connectivity index (χ4n) is 6.75. The van der Waals surface area contributed by atoms with E-state index in [0.29, 0.717) is 13.1 Å². The molecule has 0 unspecified atom stereocenters. The van der Waals surface area contributed by atoms with Crippen LogP contribution in [-0.2, 0) is 14.3 Å². The zero-order valence-corrected chi connectivity index (χ0v) is 17.4. The Morgan fingerprint density at radius 2 is 1.44 bits per heavy atom. The molecule has 5 rings (SSSR count). The van der Waals surface area contributed by atoms with E-state index in [1.165, 1.54) is 19.3 Å². The van der Waals surface area contributed by atoms with Gasteiger partial charge in [0.2, 0.25) is 11.8 Å². The molecule has 1 N–H and O–H groups in total. The molecule has 27 heavy (non-hydrogen) atoms. The van der Waals surface area contributed by atoms with Crippen LogP contribution < -0.4 is 5.32 Å². The minimum Gasteiger partial charge on any atom is -0.372 e. The Hall–Kier alpha value is -1.10. The molecule has 5 fully saturated rings. The summed E-state index contributed by atoms with van der Waals surface area (Å²) >= 11 is 0. The number of nitrogens with zero attached hydrogens (tertiary/aromatic N) is 1. The minimum absolute atomic E-state index is 0.0457. The van der Waals surface area contributed by atoms with E-state index < -0.39 is 6.04 Å². The van der Waals surface area contributed by atoms with E-state index in [0.717, 1.165) is 37.0 Å². The van der Waals surface area contributed by atoms with E-state index in [-0.39, 0.29) is 35.4 Å². The van der Waals surface area contributed by atoms with Crippen molar-refractivity contribution in [3.05, 3.63) is 0 Å². The molecule has 152 valence electrons. The van der Waals surface area contributed by atoms with E-state index in [1.54, 1.807) is 0 Å². The fourth-order valence-corrected chi connectivity index (χ4v) is 6.75. The van der Waals surface area contributed by atoms with Gasteiger partial charge in [-0.2, -0.15) is 0 Å². The van der Waals surface area contributed by atoms with Crippen LogP contribution >= 0.6 is 0 Å². The monoisotopic (exact) mass is 376 g/mol. The van der Waals surface area contributed by atoms with Crippen molar-refractivity contribution in [2.75, 3.05) is 13.1 Å². The van der Waals surface area contributed by atoms with Gasteiger partial charge in [0.05, 0.1) is 12.2 Å². The number of rotatable bonds is 4. The number of amides is 2. The lowest BCUT2D eigenvalue weighted by Gasteiger charge is -2.56. The third-order valence-corrected chi connectivity index (χ3v) is 7.47. The van der Waals surface area contributed by atoms with Gasteiger partial charge < -0.3 is 15.0 Å². The fraction of sp³-hybridized carbons (Fsp3) is 0.909. The van der Waals surface area contributed by atoms with E-state index in [1.807, 2.05) is 32.6 Å². The molecule has 0 aromatic rings. The summed E-state index contributed by atoms with van der Waals surface area (Å²) in [6.07, 6.45) is 7.17. The summed E-state index contributed by atoms with van der Waals surface area (Å²) < 4.78 is 5.77. The van der Waals surface area contributed by atoms with Crippen molar-refractivity contribution in [2.24, 2.45) is 29.1 Å². The number of ether oxygens (including phenoxy) is 1. The van der Waals surface area contributed by atoms with Crippen molar-refractivity contribution in [3.8, 4) is 0 Å². The normalized spacial score (nSPS) is 41.7. The maximum Gasteiger partial charge on any atom is 0.245 e. The Kier molecular flexibility index (Phi) is 5.02. The van der Waals surface area contributed by atoms with Gasteiger partial charge in [-0.05, 0) is 76.0 Å². The van der Waals surface area contributed by atoms with Gasteiger partial charge >= 0.3 is 0 Å². The van der Waals surface area contributed by atoms with Crippen molar-refractivity contribution in [2.45, 2.75) is 84.5 Å². The minimum atomic E-state index is -0.428. The van der Waals surface area contributed by atoms with Crippen LogP contribution in [0, 0.1) is 29.1 Å². The summed E-state index contributed by atoms with van der Waals surface area (Å²) in [7, 11) is 0.